The van der Waals surface area contributed by atoms with Crippen LogP contribution in [0.15, 0.2) is 22.3 Å². The first-order valence-electron chi connectivity index (χ1n) is 7.01. The van der Waals surface area contributed by atoms with E-state index in [-0.39, 0.29) is 0 Å². The van der Waals surface area contributed by atoms with Crippen LogP contribution in [-0.4, -0.2) is 36.0 Å². The molecule has 104 valence electrons. The van der Waals surface area contributed by atoms with Crippen molar-refractivity contribution in [3.05, 3.63) is 22.3 Å². The molecule has 18 heavy (non-hydrogen) atoms. The largest absolute Gasteiger partial charge is 0.385 e. The van der Waals surface area contributed by atoms with Gasteiger partial charge in [-0.3, -0.25) is 0 Å². The molecule has 0 aliphatic carbocycles. The van der Waals surface area contributed by atoms with Crippen molar-refractivity contribution in [2.75, 3.05) is 26.2 Å². The summed E-state index contributed by atoms with van der Waals surface area (Å²) in [6, 6.07) is 0. The van der Waals surface area contributed by atoms with Crippen LogP contribution in [0.4, 0.5) is 0 Å². The minimum absolute atomic E-state index is 0.922. The molecule has 0 aromatic rings. The van der Waals surface area contributed by atoms with Crippen molar-refractivity contribution in [3.8, 4) is 0 Å². The molecule has 0 spiro atoms. The Balaban J connectivity index is 2.54. The summed E-state index contributed by atoms with van der Waals surface area (Å²) in [6.45, 7) is 10.8. The lowest BCUT2D eigenvalue weighted by Gasteiger charge is -2.29. The summed E-state index contributed by atoms with van der Waals surface area (Å²) in [5, 5.41) is 3.39. The number of thioether (sulfide) groups is 1. The van der Waals surface area contributed by atoms with Crippen molar-refractivity contribution in [1.82, 2.24) is 9.80 Å². The van der Waals surface area contributed by atoms with Crippen LogP contribution >= 0.6 is 11.8 Å². The van der Waals surface area contributed by atoms with Gasteiger partial charge < -0.3 is 15.5 Å². The molecule has 4 heteroatoms. The first-order chi connectivity index (χ1) is 8.72. The second kappa shape index (κ2) is 8.35. The van der Waals surface area contributed by atoms with Gasteiger partial charge in [0.1, 0.15) is 5.82 Å². The maximum absolute atomic E-state index is 6.15. The van der Waals surface area contributed by atoms with Gasteiger partial charge in [0.05, 0.1) is 5.03 Å². The molecule has 0 radical (unpaired) electrons. The predicted octanol–water partition coefficient (Wildman–Crippen LogP) is 3.17. The maximum Gasteiger partial charge on any atom is 0.106 e. The van der Waals surface area contributed by atoms with E-state index in [1.165, 1.54) is 24.3 Å². The molecule has 1 saturated heterocycles. The lowest BCUT2D eigenvalue weighted by molar-refractivity contribution is 0.283. The molecule has 1 rings (SSSR count). The number of hydrogen-bond acceptors (Lipinski definition) is 4. The van der Waals surface area contributed by atoms with Crippen molar-refractivity contribution in [2.45, 2.75) is 40.0 Å². The third-order valence-electron chi connectivity index (χ3n) is 3.34. The van der Waals surface area contributed by atoms with E-state index >= 15 is 0 Å². The fraction of sp³-hybridized carbons (Fsp3) is 0.714. The molecule has 0 saturated carbocycles. The summed E-state index contributed by atoms with van der Waals surface area (Å²) >= 11 is 1.74. The first kappa shape index (κ1) is 15.3. The zero-order chi connectivity index (χ0) is 13.4. The van der Waals surface area contributed by atoms with Crippen LogP contribution in [0.2, 0.25) is 0 Å². The zero-order valence-electron chi connectivity index (χ0n) is 12.0. The lowest BCUT2D eigenvalue weighted by Crippen LogP contribution is -2.32. The van der Waals surface area contributed by atoms with Gasteiger partial charge in [-0.15, -0.1) is 0 Å². The van der Waals surface area contributed by atoms with Gasteiger partial charge in [-0.2, -0.15) is 0 Å². The maximum atomic E-state index is 6.15. The highest BCUT2D eigenvalue weighted by Gasteiger charge is 2.11. The lowest BCUT2D eigenvalue weighted by atomic mass is 10.1. The fourth-order valence-corrected chi connectivity index (χ4v) is 3.14. The van der Waals surface area contributed by atoms with Gasteiger partial charge in [0.25, 0.3) is 0 Å². The summed E-state index contributed by atoms with van der Waals surface area (Å²) in [7, 11) is 0. The Kier molecular flexibility index (Phi) is 7.09. The average Bonchev–Trinajstić information content (AvgIpc) is 2.44. The van der Waals surface area contributed by atoms with Crippen LogP contribution in [0.1, 0.15) is 40.0 Å². The second-order valence-corrected chi connectivity index (χ2v) is 5.40. The number of likely N-dealkylation sites (tertiary alicyclic amines) is 1. The van der Waals surface area contributed by atoms with Crippen LogP contribution < -0.4 is 5.73 Å². The Bertz CT molecular complexity index is 289. The summed E-state index contributed by atoms with van der Waals surface area (Å²) in [6.07, 6.45) is 6.05. The number of piperidine rings is 1. The van der Waals surface area contributed by atoms with Crippen LogP contribution in [-0.2, 0) is 0 Å². The molecule has 1 aliphatic rings. The first-order valence-corrected chi connectivity index (χ1v) is 7.89. The van der Waals surface area contributed by atoms with E-state index in [2.05, 4.69) is 42.1 Å². The molecule has 0 aromatic heterocycles. The van der Waals surface area contributed by atoms with Crippen molar-refractivity contribution in [1.29, 1.82) is 0 Å². The minimum atomic E-state index is 0.922. The second-order valence-electron chi connectivity index (χ2n) is 4.51. The third-order valence-corrected chi connectivity index (χ3v) is 4.44. The topological polar surface area (TPSA) is 32.5 Å². The Morgan fingerprint density at radius 3 is 2.33 bits per heavy atom. The standard InChI is InChI=1S/C14H27N3S/c1-4-14(16(5-2)6-3)18-12-13(15)17-10-8-7-9-11-17/h4,12H,5-11,15H2,1-3H3/b13-12+,14-4-. The zero-order valence-corrected chi connectivity index (χ0v) is 12.8. The van der Waals surface area contributed by atoms with Crippen molar-refractivity contribution >= 4 is 11.8 Å². The summed E-state index contributed by atoms with van der Waals surface area (Å²) in [4.78, 5) is 4.65. The molecule has 1 aliphatic heterocycles. The van der Waals surface area contributed by atoms with E-state index in [4.69, 9.17) is 5.73 Å². The molecule has 1 fully saturated rings. The highest BCUT2D eigenvalue weighted by atomic mass is 32.2. The van der Waals surface area contributed by atoms with Gasteiger partial charge in [0.2, 0.25) is 0 Å². The SMILES string of the molecule is C/C=C(\S/C=C(\N)N1CCCCC1)N(CC)CC. The van der Waals surface area contributed by atoms with E-state index in [9.17, 15) is 0 Å². The monoisotopic (exact) mass is 269 g/mol. The Hall–Kier alpha value is -0.770. The van der Waals surface area contributed by atoms with Crippen LogP contribution in [0, 0.1) is 0 Å². The minimum Gasteiger partial charge on any atom is -0.385 e. The van der Waals surface area contributed by atoms with Crippen LogP contribution in [0.25, 0.3) is 0 Å². The molecular formula is C14H27N3S. The predicted molar refractivity (Wildman–Crippen MR) is 82.0 cm³/mol. The van der Waals surface area contributed by atoms with E-state index < -0.39 is 0 Å². The van der Waals surface area contributed by atoms with Crippen LogP contribution in [0.5, 0.6) is 0 Å². The molecule has 0 aromatic carbocycles. The quantitative estimate of drug-likeness (QED) is 0.803. The Morgan fingerprint density at radius 1 is 1.22 bits per heavy atom. The van der Waals surface area contributed by atoms with Gasteiger partial charge in [-0.05, 0) is 40.0 Å². The van der Waals surface area contributed by atoms with E-state index in [0.29, 0.717) is 0 Å². The van der Waals surface area contributed by atoms with Gasteiger partial charge in [0.15, 0.2) is 0 Å². The van der Waals surface area contributed by atoms with Crippen LogP contribution in [0.3, 0.4) is 0 Å². The third kappa shape index (κ3) is 4.48. The molecule has 0 atom stereocenters. The summed E-state index contributed by atoms with van der Waals surface area (Å²) < 4.78 is 0. The smallest absolute Gasteiger partial charge is 0.106 e. The average molecular weight is 269 g/mol. The van der Waals surface area contributed by atoms with Gasteiger partial charge in [0, 0.05) is 31.6 Å². The molecule has 3 nitrogen and oxygen atoms in total. The molecular weight excluding hydrogens is 242 g/mol. The Morgan fingerprint density at radius 2 is 1.83 bits per heavy atom. The fourth-order valence-electron chi connectivity index (χ4n) is 2.21. The molecule has 0 unspecified atom stereocenters. The number of nitrogens with zero attached hydrogens (tertiary/aromatic N) is 2. The van der Waals surface area contributed by atoms with Crippen molar-refractivity contribution in [3.63, 3.8) is 0 Å². The summed E-state index contributed by atoms with van der Waals surface area (Å²) in [5.41, 5.74) is 6.15. The number of allylic oxidation sites excluding steroid dienone is 1. The van der Waals surface area contributed by atoms with Gasteiger partial charge in [-0.25, -0.2) is 0 Å². The summed E-state index contributed by atoms with van der Waals surface area (Å²) in [5.74, 6) is 0.922. The van der Waals surface area contributed by atoms with E-state index in [1.807, 2.05) is 0 Å². The molecule has 0 amide bonds. The molecule has 2 N–H and O–H groups in total. The number of rotatable bonds is 6. The van der Waals surface area contributed by atoms with Gasteiger partial charge >= 0.3 is 0 Å². The van der Waals surface area contributed by atoms with Crippen molar-refractivity contribution < 1.29 is 0 Å². The van der Waals surface area contributed by atoms with E-state index in [0.717, 1.165) is 32.0 Å². The Labute approximate surface area is 116 Å². The number of hydrogen-bond donors (Lipinski definition) is 1. The van der Waals surface area contributed by atoms with Gasteiger partial charge in [-0.1, -0.05) is 17.8 Å². The highest BCUT2D eigenvalue weighted by molar-refractivity contribution is 8.05. The number of nitrogens with two attached hydrogens (primary N) is 1. The molecule has 0 bridgehead atoms. The van der Waals surface area contributed by atoms with E-state index in [1.54, 1.807) is 11.8 Å². The molecule has 1 heterocycles. The normalized spacial score (nSPS) is 18.1. The van der Waals surface area contributed by atoms with Crippen molar-refractivity contribution in [2.24, 2.45) is 5.73 Å². The highest BCUT2D eigenvalue weighted by Crippen LogP contribution is 2.23.